The molecule has 0 fully saturated rings. The molecule has 0 saturated heterocycles. The number of anilines is 1. The topological polar surface area (TPSA) is 81.0 Å². The number of thiophene rings is 1. The zero-order chi connectivity index (χ0) is 15.0. The summed E-state index contributed by atoms with van der Waals surface area (Å²) in [5, 5.41) is 14.1. The van der Waals surface area contributed by atoms with Crippen molar-refractivity contribution in [3.8, 4) is 0 Å². The molecular weight excluding hydrogens is 312 g/mol. The Kier molecular flexibility index (Phi) is 3.77. The van der Waals surface area contributed by atoms with Crippen molar-refractivity contribution in [2.75, 3.05) is 5.32 Å². The number of nitro groups is 1. The second kappa shape index (κ2) is 5.57. The minimum Gasteiger partial charge on any atom is -0.359 e. The Bertz CT molecular complexity index is 695. The monoisotopic (exact) mass is 324 g/mol. The van der Waals surface area contributed by atoms with Crippen molar-refractivity contribution in [2.45, 2.75) is 32.7 Å². The lowest BCUT2D eigenvalue weighted by molar-refractivity contribution is -0.385. The van der Waals surface area contributed by atoms with Crippen LogP contribution >= 0.6 is 22.9 Å². The van der Waals surface area contributed by atoms with E-state index in [2.05, 4.69) is 21.4 Å². The summed E-state index contributed by atoms with van der Waals surface area (Å²) in [6.07, 6.45) is 3.49. The van der Waals surface area contributed by atoms with E-state index in [1.165, 1.54) is 16.9 Å². The van der Waals surface area contributed by atoms with Crippen molar-refractivity contribution < 1.29 is 4.92 Å². The van der Waals surface area contributed by atoms with E-state index in [1.54, 1.807) is 18.3 Å². The molecule has 3 rings (SSSR count). The lowest BCUT2D eigenvalue weighted by Gasteiger charge is -2.06. The van der Waals surface area contributed by atoms with Crippen LogP contribution in [0.3, 0.4) is 0 Å². The van der Waals surface area contributed by atoms with Crippen molar-refractivity contribution >= 4 is 34.4 Å². The van der Waals surface area contributed by atoms with Crippen LogP contribution in [0, 0.1) is 17.0 Å². The Balaban J connectivity index is 1.82. The smallest absolute Gasteiger partial charge is 0.332 e. The first kappa shape index (κ1) is 14.2. The minimum absolute atomic E-state index is 0.00859. The fraction of sp³-hybridized carbons (Fsp3) is 0.385. The molecule has 0 aliphatic heterocycles. The van der Waals surface area contributed by atoms with Gasteiger partial charge in [0.1, 0.15) is 5.69 Å². The molecule has 0 bridgehead atoms. The van der Waals surface area contributed by atoms with Crippen molar-refractivity contribution in [3.05, 3.63) is 42.5 Å². The zero-order valence-electron chi connectivity index (χ0n) is 11.4. The number of rotatable bonds is 4. The second-order valence-electron chi connectivity index (χ2n) is 4.90. The largest absolute Gasteiger partial charge is 0.359 e. The Hall–Kier alpha value is -1.73. The predicted octanol–water partition coefficient (Wildman–Crippen LogP) is 3.51. The van der Waals surface area contributed by atoms with Gasteiger partial charge in [0, 0.05) is 9.75 Å². The molecular formula is C13H13ClN4O2S. The number of halogens is 1. The third-order valence-corrected chi connectivity index (χ3v) is 4.85. The van der Waals surface area contributed by atoms with Gasteiger partial charge in [0.15, 0.2) is 0 Å². The molecule has 2 aromatic rings. The Labute approximate surface area is 130 Å². The second-order valence-corrected chi connectivity index (χ2v) is 6.46. The van der Waals surface area contributed by atoms with Gasteiger partial charge in [0.05, 0.1) is 11.5 Å². The molecule has 0 saturated carbocycles. The first-order valence-electron chi connectivity index (χ1n) is 6.57. The fourth-order valence-electron chi connectivity index (χ4n) is 2.52. The van der Waals surface area contributed by atoms with E-state index in [9.17, 15) is 10.1 Å². The van der Waals surface area contributed by atoms with Crippen LogP contribution in [0.4, 0.5) is 11.5 Å². The maximum Gasteiger partial charge on any atom is 0.332 e. The van der Waals surface area contributed by atoms with E-state index in [-0.39, 0.29) is 22.5 Å². The number of hydrogen-bond acceptors (Lipinski definition) is 6. The summed E-state index contributed by atoms with van der Waals surface area (Å²) in [5.74, 6) is 0.172. The van der Waals surface area contributed by atoms with Gasteiger partial charge in [-0.25, -0.2) is 4.98 Å². The molecule has 0 amide bonds. The summed E-state index contributed by atoms with van der Waals surface area (Å²) in [6, 6.07) is 2.17. The number of fused-ring (bicyclic) bond motifs is 1. The fourth-order valence-corrected chi connectivity index (χ4v) is 3.94. The van der Waals surface area contributed by atoms with Crippen LogP contribution in [0.5, 0.6) is 0 Å². The molecule has 0 radical (unpaired) electrons. The van der Waals surface area contributed by atoms with Gasteiger partial charge < -0.3 is 5.32 Å². The van der Waals surface area contributed by atoms with Gasteiger partial charge in [-0.15, -0.1) is 11.3 Å². The van der Waals surface area contributed by atoms with E-state index in [0.717, 1.165) is 17.7 Å². The highest BCUT2D eigenvalue weighted by Crippen LogP contribution is 2.32. The average molecular weight is 325 g/mol. The number of nitrogens with zero attached hydrogens (tertiary/aromatic N) is 3. The maximum absolute atomic E-state index is 11.1. The van der Waals surface area contributed by atoms with Crippen LogP contribution < -0.4 is 5.32 Å². The predicted molar refractivity (Wildman–Crippen MR) is 82.1 cm³/mol. The van der Waals surface area contributed by atoms with Crippen molar-refractivity contribution in [1.29, 1.82) is 0 Å². The Morgan fingerprint density at radius 2 is 2.29 bits per heavy atom. The molecule has 8 heteroatoms. The number of aryl methyl sites for hydroxylation is 3. The molecule has 1 N–H and O–H groups in total. The lowest BCUT2D eigenvalue weighted by Crippen LogP contribution is -2.07. The number of hydrogen-bond donors (Lipinski definition) is 1. The highest BCUT2D eigenvalue weighted by atomic mass is 35.5. The summed E-state index contributed by atoms with van der Waals surface area (Å²) in [5.41, 5.74) is 1.54. The van der Waals surface area contributed by atoms with Gasteiger partial charge in [0.2, 0.25) is 11.1 Å². The number of nitrogens with one attached hydrogen (secondary N) is 1. The molecule has 0 atom stereocenters. The maximum atomic E-state index is 11.1. The Morgan fingerprint density at radius 3 is 3.00 bits per heavy atom. The molecule has 1 aliphatic rings. The van der Waals surface area contributed by atoms with Crippen molar-refractivity contribution in [2.24, 2.45) is 0 Å². The molecule has 2 heterocycles. The molecule has 0 unspecified atom stereocenters. The van der Waals surface area contributed by atoms with Crippen LogP contribution in [-0.4, -0.2) is 14.9 Å². The summed E-state index contributed by atoms with van der Waals surface area (Å²) >= 11 is 7.54. The van der Waals surface area contributed by atoms with Gasteiger partial charge in [-0.1, -0.05) is 0 Å². The molecule has 2 aromatic heterocycles. The normalized spacial score (nSPS) is 13.2. The number of aromatic nitrogens is 2. The zero-order valence-corrected chi connectivity index (χ0v) is 12.9. The van der Waals surface area contributed by atoms with E-state index in [1.807, 2.05) is 0 Å². The highest BCUT2D eigenvalue weighted by Gasteiger charge is 2.22. The van der Waals surface area contributed by atoms with Gasteiger partial charge in [-0.3, -0.25) is 10.1 Å². The van der Waals surface area contributed by atoms with E-state index in [4.69, 9.17) is 11.6 Å². The van der Waals surface area contributed by atoms with Crippen LogP contribution in [0.25, 0.3) is 0 Å². The van der Waals surface area contributed by atoms with E-state index >= 15 is 0 Å². The van der Waals surface area contributed by atoms with Crippen LogP contribution in [0.1, 0.15) is 27.4 Å². The summed E-state index contributed by atoms with van der Waals surface area (Å²) in [4.78, 5) is 21.0. The lowest BCUT2D eigenvalue weighted by atomic mass is 10.2. The average Bonchev–Trinajstić information content (AvgIpc) is 2.95. The van der Waals surface area contributed by atoms with Gasteiger partial charge in [0.25, 0.3) is 0 Å². The molecule has 1 aliphatic carbocycles. The standard InChI is InChI=1S/C13H13ClN4O2S/c1-7-11(18(19)20)12(17-13(14)16-7)15-6-9-5-8-3-2-4-10(8)21-9/h5H,2-4,6H2,1H3,(H,15,16,17). The molecule has 6 nitrogen and oxygen atoms in total. The first-order valence-corrected chi connectivity index (χ1v) is 7.77. The highest BCUT2D eigenvalue weighted by molar-refractivity contribution is 7.12. The van der Waals surface area contributed by atoms with Crippen LogP contribution in [0.2, 0.25) is 5.28 Å². The minimum atomic E-state index is -0.484. The quantitative estimate of drug-likeness (QED) is 0.529. The summed E-state index contributed by atoms with van der Waals surface area (Å²) < 4.78 is 0. The van der Waals surface area contributed by atoms with Gasteiger partial charge in [-0.05, 0) is 49.4 Å². The third-order valence-electron chi connectivity index (χ3n) is 3.44. The molecule has 0 aromatic carbocycles. The summed E-state index contributed by atoms with van der Waals surface area (Å²) in [7, 11) is 0. The molecule has 110 valence electrons. The van der Waals surface area contributed by atoms with Crippen molar-refractivity contribution in [3.63, 3.8) is 0 Å². The third kappa shape index (κ3) is 2.84. The van der Waals surface area contributed by atoms with Crippen LogP contribution in [0.15, 0.2) is 6.07 Å². The van der Waals surface area contributed by atoms with Crippen molar-refractivity contribution in [1.82, 2.24) is 9.97 Å². The molecule has 0 spiro atoms. The van der Waals surface area contributed by atoms with Gasteiger partial charge in [-0.2, -0.15) is 4.98 Å². The SMILES string of the molecule is Cc1nc(Cl)nc(NCc2cc3c(s2)CCC3)c1[N+](=O)[O-]. The van der Waals surface area contributed by atoms with Crippen LogP contribution in [-0.2, 0) is 19.4 Å². The first-order chi connectivity index (χ1) is 10.0. The summed E-state index contributed by atoms with van der Waals surface area (Å²) in [6.45, 7) is 2.06. The molecule has 21 heavy (non-hydrogen) atoms. The van der Waals surface area contributed by atoms with E-state index < -0.39 is 4.92 Å². The van der Waals surface area contributed by atoms with Gasteiger partial charge >= 0.3 is 5.69 Å². The Morgan fingerprint density at radius 1 is 1.48 bits per heavy atom. The van der Waals surface area contributed by atoms with E-state index in [0.29, 0.717) is 6.54 Å².